The molecule has 112 valence electrons. The maximum Gasteiger partial charge on any atom is 0.246 e. The fourth-order valence-corrected chi connectivity index (χ4v) is 4.83. The second kappa shape index (κ2) is 6.54. The highest BCUT2D eigenvalue weighted by atomic mass is 79.9. The van der Waals surface area contributed by atoms with E-state index in [9.17, 15) is 12.8 Å². The highest BCUT2D eigenvalue weighted by Crippen LogP contribution is 2.28. The molecule has 1 aromatic carbocycles. The number of halogens is 2. The van der Waals surface area contributed by atoms with Crippen molar-refractivity contribution < 1.29 is 12.8 Å². The summed E-state index contributed by atoms with van der Waals surface area (Å²) in [5.74, 6) is -0.696. The van der Waals surface area contributed by atoms with Gasteiger partial charge in [0.05, 0.1) is 0 Å². The molecular formula is C14H19BrFNO2S. The first kappa shape index (κ1) is 15.9. The Morgan fingerprint density at radius 2 is 2.10 bits per heavy atom. The first-order valence-corrected chi connectivity index (χ1v) is 9.17. The fraction of sp³-hybridized carbons (Fsp3) is 0.571. The molecule has 20 heavy (non-hydrogen) atoms. The molecule has 1 aliphatic rings. The smallest absolute Gasteiger partial charge is 0.207 e. The normalized spacial score (nSPS) is 21.6. The Morgan fingerprint density at radius 3 is 2.75 bits per heavy atom. The molecule has 0 radical (unpaired) electrons. The van der Waals surface area contributed by atoms with Gasteiger partial charge in [0.15, 0.2) is 0 Å². The predicted molar refractivity (Wildman–Crippen MR) is 80.5 cm³/mol. The van der Waals surface area contributed by atoms with Gasteiger partial charge in [0, 0.05) is 17.1 Å². The molecule has 1 unspecified atom stereocenters. The van der Waals surface area contributed by atoms with Gasteiger partial charge in [0.2, 0.25) is 10.0 Å². The summed E-state index contributed by atoms with van der Waals surface area (Å²) in [5.41, 5.74) is 0. The molecule has 0 saturated carbocycles. The van der Waals surface area contributed by atoms with Crippen molar-refractivity contribution in [3.05, 3.63) is 28.5 Å². The average molecular weight is 364 g/mol. The number of hydrogen-bond donors (Lipinski definition) is 0. The molecule has 1 heterocycles. The summed E-state index contributed by atoms with van der Waals surface area (Å²) >= 11 is 3.15. The third-order valence-electron chi connectivity index (χ3n) is 3.77. The van der Waals surface area contributed by atoms with Crippen molar-refractivity contribution in [2.45, 2.75) is 50.0 Å². The highest BCUT2D eigenvalue weighted by Gasteiger charge is 2.33. The van der Waals surface area contributed by atoms with Crippen LogP contribution in [0.4, 0.5) is 4.39 Å². The van der Waals surface area contributed by atoms with Crippen LogP contribution in [0.25, 0.3) is 0 Å². The zero-order valence-corrected chi connectivity index (χ0v) is 13.9. The van der Waals surface area contributed by atoms with Gasteiger partial charge in [0.1, 0.15) is 10.7 Å². The van der Waals surface area contributed by atoms with Gasteiger partial charge in [-0.1, -0.05) is 35.7 Å². The number of hydrogen-bond acceptors (Lipinski definition) is 2. The molecule has 3 nitrogen and oxygen atoms in total. The van der Waals surface area contributed by atoms with Gasteiger partial charge in [-0.15, -0.1) is 0 Å². The molecule has 1 aliphatic heterocycles. The lowest BCUT2D eigenvalue weighted by Gasteiger charge is -2.28. The second-order valence-electron chi connectivity index (χ2n) is 5.10. The van der Waals surface area contributed by atoms with Crippen molar-refractivity contribution in [1.29, 1.82) is 0 Å². The quantitative estimate of drug-likeness (QED) is 0.815. The first-order valence-electron chi connectivity index (χ1n) is 6.93. The van der Waals surface area contributed by atoms with Crippen molar-refractivity contribution in [2.75, 3.05) is 6.54 Å². The molecule has 1 aromatic rings. The van der Waals surface area contributed by atoms with Gasteiger partial charge >= 0.3 is 0 Å². The lowest BCUT2D eigenvalue weighted by molar-refractivity contribution is 0.313. The Labute approximate surface area is 128 Å². The molecule has 6 heteroatoms. The Hall–Kier alpha value is -0.460. The summed E-state index contributed by atoms with van der Waals surface area (Å²) in [6.45, 7) is 2.47. The number of benzene rings is 1. The maximum atomic E-state index is 14.0. The second-order valence-corrected chi connectivity index (χ2v) is 7.88. The van der Waals surface area contributed by atoms with E-state index in [4.69, 9.17) is 0 Å². The first-order chi connectivity index (χ1) is 9.46. The summed E-state index contributed by atoms with van der Waals surface area (Å²) in [6, 6.07) is 4.08. The molecule has 0 aromatic heterocycles. The van der Waals surface area contributed by atoms with Crippen LogP contribution in [0.5, 0.6) is 0 Å². The zero-order chi connectivity index (χ0) is 14.8. The van der Waals surface area contributed by atoms with Crippen molar-refractivity contribution in [3.63, 3.8) is 0 Å². The van der Waals surface area contributed by atoms with Gasteiger partial charge in [0.25, 0.3) is 0 Å². The van der Waals surface area contributed by atoms with Crippen molar-refractivity contribution >= 4 is 26.0 Å². The van der Waals surface area contributed by atoms with Crippen LogP contribution in [0.3, 0.4) is 0 Å². The minimum Gasteiger partial charge on any atom is -0.207 e. The van der Waals surface area contributed by atoms with E-state index >= 15 is 0 Å². The van der Waals surface area contributed by atoms with Gasteiger partial charge in [-0.25, -0.2) is 12.8 Å². The topological polar surface area (TPSA) is 37.4 Å². The molecule has 1 saturated heterocycles. The van der Waals surface area contributed by atoms with E-state index in [1.807, 2.05) is 6.92 Å². The van der Waals surface area contributed by atoms with Gasteiger partial charge in [-0.05, 0) is 37.5 Å². The lowest BCUT2D eigenvalue weighted by atomic mass is 10.1. The third kappa shape index (κ3) is 3.23. The molecule has 2 rings (SSSR count). The molecular weight excluding hydrogens is 345 g/mol. The van der Waals surface area contributed by atoms with Crippen molar-refractivity contribution in [3.8, 4) is 0 Å². The summed E-state index contributed by atoms with van der Waals surface area (Å²) in [6.07, 6.45) is 4.53. The van der Waals surface area contributed by atoms with Crippen LogP contribution in [-0.4, -0.2) is 25.3 Å². The van der Waals surface area contributed by atoms with E-state index in [1.54, 1.807) is 6.07 Å². The van der Waals surface area contributed by atoms with E-state index in [2.05, 4.69) is 15.9 Å². The Bertz CT molecular complexity index is 577. The van der Waals surface area contributed by atoms with Crippen LogP contribution in [0.15, 0.2) is 27.6 Å². The van der Waals surface area contributed by atoms with Gasteiger partial charge in [-0.3, -0.25) is 0 Å². The molecule has 0 amide bonds. The van der Waals surface area contributed by atoms with Crippen LogP contribution in [0, 0.1) is 5.82 Å². The maximum absolute atomic E-state index is 14.0. The zero-order valence-electron chi connectivity index (χ0n) is 11.5. The van der Waals surface area contributed by atoms with E-state index < -0.39 is 15.8 Å². The van der Waals surface area contributed by atoms with Gasteiger partial charge < -0.3 is 0 Å². The van der Waals surface area contributed by atoms with Crippen LogP contribution >= 0.6 is 15.9 Å². The lowest BCUT2D eigenvalue weighted by Crippen LogP contribution is -2.39. The largest absolute Gasteiger partial charge is 0.246 e. The third-order valence-corrected chi connectivity index (χ3v) is 6.25. The number of rotatable bonds is 3. The minimum atomic E-state index is -3.76. The summed E-state index contributed by atoms with van der Waals surface area (Å²) in [7, 11) is -3.76. The van der Waals surface area contributed by atoms with Crippen molar-refractivity contribution in [2.24, 2.45) is 0 Å². The number of sulfonamides is 1. The van der Waals surface area contributed by atoms with E-state index in [1.165, 1.54) is 16.4 Å². The fourth-order valence-electron chi connectivity index (χ4n) is 2.69. The van der Waals surface area contributed by atoms with E-state index in [0.29, 0.717) is 11.0 Å². The summed E-state index contributed by atoms with van der Waals surface area (Å²) in [5, 5.41) is 0. The van der Waals surface area contributed by atoms with E-state index in [0.717, 1.165) is 32.1 Å². The molecule has 1 fully saturated rings. The molecule has 0 bridgehead atoms. The predicted octanol–water partition coefficient (Wildman–Crippen LogP) is 3.93. The Kier molecular flexibility index (Phi) is 5.20. The van der Waals surface area contributed by atoms with Crippen molar-refractivity contribution in [1.82, 2.24) is 4.31 Å². The number of nitrogens with zero attached hydrogens (tertiary/aromatic N) is 1. The molecule has 0 spiro atoms. The molecule has 0 aliphatic carbocycles. The van der Waals surface area contributed by atoms with Crippen LogP contribution < -0.4 is 0 Å². The minimum absolute atomic E-state index is 0.0226. The monoisotopic (exact) mass is 363 g/mol. The highest BCUT2D eigenvalue weighted by molar-refractivity contribution is 9.10. The molecule has 1 atom stereocenters. The van der Waals surface area contributed by atoms with Crippen LogP contribution in [-0.2, 0) is 10.0 Å². The summed E-state index contributed by atoms with van der Waals surface area (Å²) < 4.78 is 41.5. The summed E-state index contributed by atoms with van der Waals surface area (Å²) in [4.78, 5) is -0.221. The van der Waals surface area contributed by atoms with Gasteiger partial charge in [-0.2, -0.15) is 4.31 Å². The van der Waals surface area contributed by atoms with Crippen LogP contribution in [0.2, 0.25) is 0 Å². The molecule has 0 N–H and O–H groups in total. The SMILES string of the molecule is CCC1CCCCCN1S(=O)(=O)c1ccc(Br)cc1F. The Balaban J connectivity index is 2.41. The van der Waals surface area contributed by atoms with Crippen LogP contribution in [0.1, 0.15) is 39.0 Å². The van der Waals surface area contributed by atoms with E-state index in [-0.39, 0.29) is 10.9 Å². The standard InChI is InChI=1S/C14H19BrFNO2S/c1-2-12-6-4-3-5-9-17(12)20(18,19)14-8-7-11(15)10-13(14)16/h7-8,10,12H,2-6,9H2,1H3. The Morgan fingerprint density at radius 1 is 1.35 bits per heavy atom. The average Bonchev–Trinajstić information content (AvgIpc) is 2.63.